The van der Waals surface area contributed by atoms with Crippen LogP contribution in [0.1, 0.15) is 60.3 Å². The Morgan fingerprint density at radius 2 is 1.67 bits per heavy atom. The molecule has 0 radical (unpaired) electrons. The summed E-state index contributed by atoms with van der Waals surface area (Å²) in [6.45, 7) is 9.66. The van der Waals surface area contributed by atoms with E-state index in [4.69, 9.17) is 0 Å². The van der Waals surface area contributed by atoms with E-state index < -0.39 is 11.8 Å². The fourth-order valence-electron chi connectivity index (χ4n) is 2.44. The highest BCUT2D eigenvalue weighted by molar-refractivity contribution is 4.85. The van der Waals surface area contributed by atoms with E-state index in [-0.39, 0.29) is 5.92 Å². The Bertz CT molecular complexity index is 166. The summed E-state index contributed by atoms with van der Waals surface area (Å²) >= 11 is 0. The van der Waals surface area contributed by atoms with Crippen LogP contribution in [0.2, 0.25) is 0 Å². The molecule has 3 atom stereocenters. The van der Waals surface area contributed by atoms with Gasteiger partial charge in [-0.1, -0.05) is 41.0 Å². The monoisotopic (exact) mass is 220 g/mol. The minimum Gasteiger partial charge on any atom is -0.206 e. The molecule has 1 aliphatic carbocycles. The Kier molecular flexibility index (Phi) is 6.38. The second-order valence-electron chi connectivity index (χ2n) is 4.60. The lowest BCUT2D eigenvalue weighted by Gasteiger charge is -2.28. The second kappa shape index (κ2) is 6.44. The Hall–Kier alpha value is -0.140. The van der Waals surface area contributed by atoms with Gasteiger partial charge in [0.2, 0.25) is 0 Å². The molecule has 15 heavy (non-hydrogen) atoms. The van der Waals surface area contributed by atoms with Crippen molar-refractivity contribution in [3.05, 3.63) is 0 Å². The van der Waals surface area contributed by atoms with Gasteiger partial charge in [0.15, 0.2) is 0 Å². The lowest BCUT2D eigenvalue weighted by Crippen LogP contribution is -2.33. The van der Waals surface area contributed by atoms with E-state index in [2.05, 4.69) is 6.92 Å². The molecule has 0 heterocycles. The maximum absolute atomic E-state index is 13.7. The average Bonchev–Trinajstić information content (AvgIpc) is 2.29. The summed E-state index contributed by atoms with van der Waals surface area (Å²) in [5.74, 6) is -2.78. The topological polar surface area (TPSA) is 0 Å². The molecule has 0 aliphatic heterocycles. The van der Waals surface area contributed by atoms with Crippen molar-refractivity contribution in [2.45, 2.75) is 66.2 Å². The summed E-state index contributed by atoms with van der Waals surface area (Å²) < 4.78 is 27.4. The summed E-state index contributed by atoms with van der Waals surface area (Å²) in [7, 11) is 0. The molecule has 2 heteroatoms. The Balaban J connectivity index is 0.000000921. The Labute approximate surface area is 93.4 Å². The second-order valence-corrected chi connectivity index (χ2v) is 4.60. The van der Waals surface area contributed by atoms with Gasteiger partial charge in [0.05, 0.1) is 0 Å². The van der Waals surface area contributed by atoms with Gasteiger partial charge < -0.3 is 0 Å². The van der Waals surface area contributed by atoms with Crippen molar-refractivity contribution in [2.75, 3.05) is 0 Å². The van der Waals surface area contributed by atoms with E-state index in [1.54, 1.807) is 6.92 Å². The zero-order chi connectivity index (χ0) is 12.1. The van der Waals surface area contributed by atoms with Gasteiger partial charge in [-0.05, 0) is 25.2 Å². The number of rotatable bonds is 1. The van der Waals surface area contributed by atoms with Crippen LogP contribution in [-0.2, 0) is 0 Å². The molecular formula is C13H26F2. The molecule has 0 bridgehead atoms. The molecule has 0 spiro atoms. The predicted octanol–water partition coefficient (Wildman–Crippen LogP) is 5.13. The van der Waals surface area contributed by atoms with Crippen molar-refractivity contribution >= 4 is 0 Å². The van der Waals surface area contributed by atoms with Crippen molar-refractivity contribution < 1.29 is 8.78 Å². The first kappa shape index (κ1) is 14.9. The third kappa shape index (κ3) is 3.73. The maximum atomic E-state index is 13.7. The first-order valence-corrected chi connectivity index (χ1v) is 6.36. The van der Waals surface area contributed by atoms with Crippen molar-refractivity contribution in [1.82, 2.24) is 0 Å². The number of hydrogen-bond donors (Lipinski definition) is 0. The third-order valence-electron chi connectivity index (χ3n) is 3.46. The fraction of sp³-hybridized carbons (Fsp3) is 1.00. The molecule has 0 N–H and O–H groups in total. The van der Waals surface area contributed by atoms with Crippen LogP contribution in [0, 0.1) is 17.8 Å². The number of hydrogen-bond acceptors (Lipinski definition) is 0. The number of alkyl halides is 2. The van der Waals surface area contributed by atoms with Crippen LogP contribution in [0.15, 0.2) is 0 Å². The molecule has 92 valence electrons. The SMILES string of the molecule is CC.CCC1CCC(C)CC(C)C1(F)F. The quantitative estimate of drug-likeness (QED) is 0.537. The van der Waals surface area contributed by atoms with E-state index in [0.717, 1.165) is 6.42 Å². The molecule has 1 aliphatic rings. The van der Waals surface area contributed by atoms with Gasteiger partial charge in [-0.15, -0.1) is 0 Å². The highest BCUT2D eigenvalue weighted by Crippen LogP contribution is 2.44. The van der Waals surface area contributed by atoms with Gasteiger partial charge in [-0.3, -0.25) is 0 Å². The zero-order valence-electron chi connectivity index (χ0n) is 10.8. The van der Waals surface area contributed by atoms with Crippen LogP contribution in [0.4, 0.5) is 8.78 Å². The average molecular weight is 220 g/mol. The Morgan fingerprint density at radius 3 is 2.13 bits per heavy atom. The van der Waals surface area contributed by atoms with Crippen molar-refractivity contribution in [3.63, 3.8) is 0 Å². The highest BCUT2D eigenvalue weighted by Gasteiger charge is 2.45. The minimum absolute atomic E-state index is 0.382. The van der Waals surface area contributed by atoms with Crippen LogP contribution in [0.3, 0.4) is 0 Å². The molecule has 1 rings (SSSR count). The molecule has 0 nitrogen and oxygen atoms in total. The van der Waals surface area contributed by atoms with Crippen LogP contribution >= 0.6 is 0 Å². The fourth-order valence-corrected chi connectivity index (χ4v) is 2.44. The smallest absolute Gasteiger partial charge is 0.206 e. The largest absolute Gasteiger partial charge is 0.253 e. The molecule has 3 unspecified atom stereocenters. The van der Waals surface area contributed by atoms with Crippen LogP contribution in [-0.4, -0.2) is 5.92 Å². The molecule has 0 aromatic heterocycles. The van der Waals surface area contributed by atoms with E-state index in [9.17, 15) is 8.78 Å². The Morgan fingerprint density at radius 1 is 1.13 bits per heavy atom. The lowest BCUT2D eigenvalue weighted by atomic mass is 9.87. The van der Waals surface area contributed by atoms with Crippen LogP contribution < -0.4 is 0 Å². The van der Waals surface area contributed by atoms with Gasteiger partial charge >= 0.3 is 0 Å². The maximum Gasteiger partial charge on any atom is 0.253 e. The molecule has 0 amide bonds. The van der Waals surface area contributed by atoms with E-state index in [1.165, 1.54) is 0 Å². The zero-order valence-corrected chi connectivity index (χ0v) is 10.8. The molecule has 1 fully saturated rings. The highest BCUT2D eigenvalue weighted by atomic mass is 19.3. The van der Waals surface area contributed by atoms with Crippen molar-refractivity contribution in [2.24, 2.45) is 17.8 Å². The molecular weight excluding hydrogens is 194 g/mol. The minimum atomic E-state index is -2.43. The van der Waals surface area contributed by atoms with Gasteiger partial charge in [0.25, 0.3) is 5.92 Å². The summed E-state index contributed by atoms with van der Waals surface area (Å²) in [4.78, 5) is 0. The van der Waals surface area contributed by atoms with Crippen LogP contribution in [0.5, 0.6) is 0 Å². The van der Waals surface area contributed by atoms with Gasteiger partial charge in [-0.2, -0.15) is 0 Å². The van der Waals surface area contributed by atoms with Crippen molar-refractivity contribution in [3.8, 4) is 0 Å². The molecule has 0 aromatic carbocycles. The summed E-state index contributed by atoms with van der Waals surface area (Å²) in [6.07, 6.45) is 2.97. The lowest BCUT2D eigenvalue weighted by molar-refractivity contribution is -0.103. The summed E-state index contributed by atoms with van der Waals surface area (Å²) in [5, 5.41) is 0. The van der Waals surface area contributed by atoms with Gasteiger partial charge in [0, 0.05) is 11.8 Å². The first-order chi connectivity index (χ1) is 6.98. The summed E-state index contributed by atoms with van der Waals surface area (Å²) in [5.41, 5.74) is 0. The predicted molar refractivity (Wildman–Crippen MR) is 62.3 cm³/mol. The van der Waals surface area contributed by atoms with E-state index in [0.29, 0.717) is 25.2 Å². The molecule has 0 saturated heterocycles. The number of halogens is 2. The van der Waals surface area contributed by atoms with Crippen molar-refractivity contribution in [1.29, 1.82) is 0 Å². The molecule has 1 saturated carbocycles. The first-order valence-electron chi connectivity index (χ1n) is 6.36. The normalized spacial score (nSPS) is 35.0. The van der Waals surface area contributed by atoms with Gasteiger partial charge in [-0.25, -0.2) is 8.78 Å². The van der Waals surface area contributed by atoms with Crippen LogP contribution in [0.25, 0.3) is 0 Å². The molecule has 0 aromatic rings. The van der Waals surface area contributed by atoms with Gasteiger partial charge in [0.1, 0.15) is 0 Å². The standard InChI is InChI=1S/C11H20F2.C2H6/c1-4-10-6-5-8(2)7-9(3)11(10,12)13;1-2/h8-10H,4-7H2,1-3H3;1-2H3. The third-order valence-corrected chi connectivity index (χ3v) is 3.46. The van der Waals surface area contributed by atoms with E-state index >= 15 is 0 Å². The summed E-state index contributed by atoms with van der Waals surface area (Å²) in [6, 6.07) is 0. The van der Waals surface area contributed by atoms with E-state index in [1.807, 2.05) is 20.8 Å².